The van der Waals surface area contributed by atoms with Crippen LogP contribution in [0, 0.1) is 17.4 Å². The molecule has 1 spiro atoms. The van der Waals surface area contributed by atoms with Crippen LogP contribution in [0.5, 0.6) is 0 Å². The van der Waals surface area contributed by atoms with Gasteiger partial charge < -0.3 is 10.6 Å². The van der Waals surface area contributed by atoms with Gasteiger partial charge >= 0.3 is 0 Å². The third kappa shape index (κ3) is 1.24. The lowest BCUT2D eigenvalue weighted by Crippen LogP contribution is -2.35. The number of hydrogen-bond acceptors (Lipinski definition) is 2. The van der Waals surface area contributed by atoms with Crippen LogP contribution >= 0.6 is 0 Å². The molecule has 11 heavy (non-hydrogen) atoms. The summed E-state index contributed by atoms with van der Waals surface area (Å²) >= 11 is 0. The Labute approximate surface area is 67.1 Å². The summed E-state index contributed by atoms with van der Waals surface area (Å²) < 4.78 is 0. The Morgan fingerprint density at radius 2 is 2.09 bits per heavy atom. The predicted molar refractivity (Wildman–Crippen MR) is 44.6 cm³/mol. The monoisotopic (exact) mass is 148 g/mol. The van der Waals surface area contributed by atoms with Crippen molar-refractivity contribution in [2.75, 3.05) is 13.1 Å². The van der Waals surface area contributed by atoms with E-state index in [-0.39, 0.29) is 5.41 Å². The third-order valence-electron chi connectivity index (χ3n) is 2.37. The molecule has 1 saturated heterocycles. The van der Waals surface area contributed by atoms with E-state index in [0.717, 1.165) is 25.9 Å². The molecule has 58 valence electrons. The molecule has 2 aliphatic heterocycles. The maximum Gasteiger partial charge on any atom is 0.0553 e. The molecule has 0 unspecified atom stereocenters. The van der Waals surface area contributed by atoms with Gasteiger partial charge in [-0.05, 0) is 32.0 Å². The molecule has 2 heterocycles. The highest BCUT2D eigenvalue weighted by atomic mass is 14.9. The highest BCUT2D eigenvalue weighted by Crippen LogP contribution is 2.29. The van der Waals surface area contributed by atoms with Crippen LogP contribution in [-0.4, -0.2) is 13.1 Å². The Morgan fingerprint density at radius 1 is 1.27 bits per heavy atom. The second-order valence-corrected chi connectivity index (χ2v) is 3.13. The topological polar surface area (TPSA) is 24.1 Å². The Bertz CT molecular complexity index is 226. The maximum atomic E-state index is 3.33. The maximum absolute atomic E-state index is 3.33. The molecule has 0 aliphatic carbocycles. The molecular formula is C9H12N2. The van der Waals surface area contributed by atoms with Gasteiger partial charge in [0.05, 0.1) is 5.41 Å². The molecule has 0 aromatic rings. The van der Waals surface area contributed by atoms with Crippen molar-refractivity contribution in [1.82, 2.24) is 10.6 Å². The number of nitrogens with one attached hydrogen (secondary N) is 2. The summed E-state index contributed by atoms with van der Waals surface area (Å²) in [5.74, 6) is 3.25. The Kier molecular flexibility index (Phi) is 1.59. The molecule has 2 heteroatoms. The Hall–Kier alpha value is -0.940. The van der Waals surface area contributed by atoms with Gasteiger partial charge in [-0.2, -0.15) is 0 Å². The molecule has 0 atom stereocenters. The highest BCUT2D eigenvalue weighted by Gasteiger charge is 2.27. The molecule has 2 nitrogen and oxygen atoms in total. The summed E-state index contributed by atoms with van der Waals surface area (Å²) in [5, 5.41) is 6.23. The van der Waals surface area contributed by atoms with Crippen molar-refractivity contribution < 1.29 is 0 Å². The standard InChI is InChI=1S/C9H12N2/c1-5-10-6-2-9(1)3-7-11-8-4-9/h1,5,10-11H,3-4,7-8H2. The fourth-order valence-electron chi connectivity index (χ4n) is 1.61. The van der Waals surface area contributed by atoms with Gasteiger partial charge in [-0.15, -0.1) is 0 Å². The largest absolute Gasteiger partial charge is 0.322 e. The average molecular weight is 148 g/mol. The van der Waals surface area contributed by atoms with Crippen LogP contribution in [0.15, 0.2) is 12.3 Å². The second kappa shape index (κ2) is 2.60. The van der Waals surface area contributed by atoms with E-state index in [2.05, 4.69) is 28.7 Å². The summed E-state index contributed by atoms with van der Waals surface area (Å²) in [4.78, 5) is 0. The average Bonchev–Trinajstić information content (AvgIpc) is 2.07. The van der Waals surface area contributed by atoms with Gasteiger partial charge in [0.15, 0.2) is 0 Å². The number of hydrogen-bond donors (Lipinski definition) is 2. The number of piperidine rings is 1. The molecule has 1 fully saturated rings. The van der Waals surface area contributed by atoms with E-state index >= 15 is 0 Å². The summed E-state index contributed by atoms with van der Waals surface area (Å²) in [7, 11) is 0. The fraction of sp³-hybridized carbons (Fsp3) is 0.556. The summed E-state index contributed by atoms with van der Waals surface area (Å²) in [6.07, 6.45) is 6.46. The van der Waals surface area contributed by atoms with Crippen LogP contribution in [0.4, 0.5) is 0 Å². The summed E-state index contributed by atoms with van der Waals surface area (Å²) in [6, 6.07) is 2.93. The lowest BCUT2D eigenvalue weighted by atomic mass is 9.79. The zero-order valence-corrected chi connectivity index (χ0v) is 6.48. The molecule has 0 amide bonds. The minimum atomic E-state index is 0.191. The Morgan fingerprint density at radius 3 is 2.73 bits per heavy atom. The normalized spacial score (nSPS) is 25.5. The first-order chi connectivity index (χ1) is 5.41. The van der Waals surface area contributed by atoms with Crippen molar-refractivity contribution in [1.29, 1.82) is 0 Å². The number of allylic oxidation sites excluding steroid dienone is 1. The molecule has 0 aromatic carbocycles. The van der Waals surface area contributed by atoms with Crippen molar-refractivity contribution >= 4 is 0 Å². The summed E-state index contributed by atoms with van der Waals surface area (Å²) in [6.45, 7) is 2.19. The third-order valence-corrected chi connectivity index (χ3v) is 2.37. The quantitative estimate of drug-likeness (QED) is 0.487. The highest BCUT2D eigenvalue weighted by molar-refractivity contribution is 5.25. The van der Waals surface area contributed by atoms with Gasteiger partial charge in [0.25, 0.3) is 0 Å². The van der Waals surface area contributed by atoms with Crippen LogP contribution in [0.2, 0.25) is 0 Å². The summed E-state index contributed by atoms with van der Waals surface area (Å²) in [5.41, 5.74) is 0.191. The van der Waals surface area contributed by atoms with Crippen LogP contribution in [0.1, 0.15) is 12.8 Å². The zero-order valence-electron chi connectivity index (χ0n) is 6.48. The van der Waals surface area contributed by atoms with Crippen molar-refractivity contribution in [3.63, 3.8) is 0 Å². The van der Waals surface area contributed by atoms with Gasteiger partial charge in [0.2, 0.25) is 0 Å². The minimum Gasteiger partial charge on any atom is -0.322 e. The van der Waals surface area contributed by atoms with Gasteiger partial charge in [-0.1, -0.05) is 5.92 Å². The molecule has 2 N–H and O–H groups in total. The lowest BCUT2D eigenvalue weighted by Gasteiger charge is -2.30. The van der Waals surface area contributed by atoms with Crippen molar-refractivity contribution in [2.45, 2.75) is 12.8 Å². The minimum absolute atomic E-state index is 0.191. The van der Waals surface area contributed by atoms with E-state index in [1.807, 2.05) is 6.20 Å². The van der Waals surface area contributed by atoms with Crippen molar-refractivity contribution in [3.8, 4) is 12.0 Å². The van der Waals surface area contributed by atoms with Gasteiger partial charge in [-0.25, -0.2) is 0 Å². The van der Waals surface area contributed by atoms with Crippen molar-refractivity contribution in [2.24, 2.45) is 5.41 Å². The first kappa shape index (κ1) is 6.75. The van der Waals surface area contributed by atoms with Crippen molar-refractivity contribution in [3.05, 3.63) is 12.3 Å². The van der Waals surface area contributed by atoms with E-state index < -0.39 is 0 Å². The molecule has 0 bridgehead atoms. The van der Waals surface area contributed by atoms with Crippen LogP contribution in [0.3, 0.4) is 0 Å². The van der Waals surface area contributed by atoms with Crippen LogP contribution in [-0.2, 0) is 0 Å². The number of rotatable bonds is 0. The van der Waals surface area contributed by atoms with Crippen LogP contribution in [0.25, 0.3) is 0 Å². The fourth-order valence-corrected chi connectivity index (χ4v) is 1.61. The predicted octanol–water partition coefficient (Wildman–Crippen LogP) is 0.434. The molecule has 2 aliphatic rings. The molecule has 0 saturated carbocycles. The molecule has 2 rings (SSSR count). The van der Waals surface area contributed by atoms with E-state index in [1.54, 1.807) is 0 Å². The first-order valence-corrected chi connectivity index (χ1v) is 4.07. The molecule has 0 radical (unpaired) electrons. The lowest BCUT2D eigenvalue weighted by molar-refractivity contribution is 0.353. The van der Waals surface area contributed by atoms with E-state index in [1.165, 1.54) is 0 Å². The Balaban J connectivity index is 2.16. The SMILES string of the molecule is C1#CC2(C=CN1)CCNCC2. The van der Waals surface area contributed by atoms with Gasteiger partial charge in [0, 0.05) is 12.2 Å². The zero-order chi connectivity index (χ0) is 7.57. The van der Waals surface area contributed by atoms with E-state index in [0.29, 0.717) is 0 Å². The first-order valence-electron chi connectivity index (χ1n) is 4.07. The molecular weight excluding hydrogens is 136 g/mol. The van der Waals surface area contributed by atoms with E-state index in [9.17, 15) is 0 Å². The van der Waals surface area contributed by atoms with Crippen LogP contribution < -0.4 is 10.6 Å². The smallest absolute Gasteiger partial charge is 0.0553 e. The second-order valence-electron chi connectivity index (χ2n) is 3.13. The van der Waals surface area contributed by atoms with Gasteiger partial charge in [-0.3, -0.25) is 0 Å². The van der Waals surface area contributed by atoms with Gasteiger partial charge in [0.1, 0.15) is 0 Å². The molecule has 0 aromatic heterocycles. The van der Waals surface area contributed by atoms with E-state index in [4.69, 9.17) is 0 Å².